The van der Waals surface area contributed by atoms with E-state index >= 15 is 0 Å². The third kappa shape index (κ3) is 5.24. The van der Waals surface area contributed by atoms with Gasteiger partial charge in [-0.1, -0.05) is 50.3 Å². The standard InChI is InChI=1S/C17H24ClNO2/c1-2-16(21-15-11-7-8-13(18)12-15)17(20)19-14-9-5-3-4-6-10-14/h7-8,11-12,14,16H,2-6,9-10H2,1H3,(H,19,20). The zero-order valence-corrected chi connectivity index (χ0v) is 13.4. The van der Waals surface area contributed by atoms with Gasteiger partial charge in [0.05, 0.1) is 0 Å². The van der Waals surface area contributed by atoms with Crippen molar-refractivity contribution < 1.29 is 9.53 Å². The lowest BCUT2D eigenvalue weighted by Gasteiger charge is -2.22. The molecule has 1 aliphatic carbocycles. The Kier molecular flexibility index (Phi) is 6.37. The maximum atomic E-state index is 12.4. The first-order chi connectivity index (χ1) is 10.2. The molecule has 4 heteroatoms. The number of hydrogen-bond donors (Lipinski definition) is 1. The molecule has 3 nitrogen and oxygen atoms in total. The van der Waals surface area contributed by atoms with Crippen LogP contribution in [0.25, 0.3) is 0 Å². The largest absolute Gasteiger partial charge is 0.481 e. The summed E-state index contributed by atoms with van der Waals surface area (Å²) in [6.45, 7) is 1.96. The molecular formula is C17H24ClNO2. The molecule has 1 unspecified atom stereocenters. The third-order valence-electron chi connectivity index (χ3n) is 3.94. The summed E-state index contributed by atoms with van der Waals surface area (Å²) in [5.74, 6) is 0.634. The summed E-state index contributed by atoms with van der Waals surface area (Å²) in [4.78, 5) is 12.4. The Morgan fingerprint density at radius 3 is 2.67 bits per heavy atom. The third-order valence-corrected chi connectivity index (χ3v) is 4.17. The van der Waals surface area contributed by atoms with Crippen LogP contribution in [0.1, 0.15) is 51.9 Å². The highest BCUT2D eigenvalue weighted by atomic mass is 35.5. The second-order valence-electron chi connectivity index (χ2n) is 5.67. The van der Waals surface area contributed by atoms with Crippen molar-refractivity contribution in [1.82, 2.24) is 5.32 Å². The van der Waals surface area contributed by atoms with Crippen LogP contribution in [0.15, 0.2) is 24.3 Å². The van der Waals surface area contributed by atoms with E-state index in [1.165, 1.54) is 25.7 Å². The average molecular weight is 310 g/mol. The summed E-state index contributed by atoms with van der Waals surface area (Å²) in [6.07, 6.45) is 7.33. The number of carbonyl (C=O) groups is 1. The van der Waals surface area contributed by atoms with Crippen LogP contribution in [-0.2, 0) is 4.79 Å². The van der Waals surface area contributed by atoms with E-state index in [1.807, 2.05) is 19.1 Å². The van der Waals surface area contributed by atoms with Crippen molar-refractivity contribution in [3.63, 3.8) is 0 Å². The van der Waals surface area contributed by atoms with Gasteiger partial charge in [-0.15, -0.1) is 0 Å². The summed E-state index contributed by atoms with van der Waals surface area (Å²) >= 11 is 5.94. The molecule has 0 bridgehead atoms. The topological polar surface area (TPSA) is 38.3 Å². The molecule has 1 saturated carbocycles. The molecule has 0 aromatic heterocycles. The molecule has 1 atom stereocenters. The van der Waals surface area contributed by atoms with Crippen LogP contribution in [-0.4, -0.2) is 18.1 Å². The number of halogens is 1. The first-order valence-corrected chi connectivity index (χ1v) is 8.29. The summed E-state index contributed by atoms with van der Waals surface area (Å²) in [5, 5.41) is 3.76. The molecule has 0 radical (unpaired) electrons. The SMILES string of the molecule is CCC(Oc1cccc(Cl)c1)C(=O)NC1CCCCCC1. The fraction of sp³-hybridized carbons (Fsp3) is 0.588. The highest BCUT2D eigenvalue weighted by Crippen LogP contribution is 2.20. The van der Waals surface area contributed by atoms with Crippen molar-refractivity contribution >= 4 is 17.5 Å². The van der Waals surface area contributed by atoms with E-state index in [-0.39, 0.29) is 5.91 Å². The second kappa shape index (κ2) is 8.28. The van der Waals surface area contributed by atoms with Crippen LogP contribution in [0.3, 0.4) is 0 Å². The normalized spacial score (nSPS) is 17.8. The maximum absolute atomic E-state index is 12.4. The van der Waals surface area contributed by atoms with Crippen LogP contribution in [0.4, 0.5) is 0 Å². The minimum absolute atomic E-state index is 0.00984. The van der Waals surface area contributed by atoms with Crippen molar-refractivity contribution in [3.05, 3.63) is 29.3 Å². The second-order valence-corrected chi connectivity index (χ2v) is 6.11. The van der Waals surface area contributed by atoms with Gasteiger partial charge in [0.1, 0.15) is 5.75 Å². The number of nitrogens with one attached hydrogen (secondary N) is 1. The van der Waals surface area contributed by atoms with E-state index in [4.69, 9.17) is 16.3 Å². The Hall–Kier alpha value is -1.22. The number of rotatable bonds is 5. The van der Waals surface area contributed by atoms with Gasteiger partial charge in [-0.05, 0) is 37.5 Å². The Labute approximate surface area is 132 Å². The molecule has 0 spiro atoms. The molecule has 1 amide bonds. The highest BCUT2D eigenvalue weighted by molar-refractivity contribution is 6.30. The summed E-state index contributed by atoms with van der Waals surface area (Å²) < 4.78 is 5.78. The van der Waals surface area contributed by atoms with Crippen molar-refractivity contribution in [2.45, 2.75) is 64.0 Å². The maximum Gasteiger partial charge on any atom is 0.261 e. The first-order valence-electron chi connectivity index (χ1n) is 7.91. The average Bonchev–Trinajstić information content (AvgIpc) is 2.73. The Bertz CT molecular complexity index is 456. The van der Waals surface area contributed by atoms with Crippen molar-refractivity contribution in [2.75, 3.05) is 0 Å². The number of amides is 1. The lowest BCUT2D eigenvalue weighted by atomic mass is 10.1. The predicted octanol–water partition coefficient (Wildman–Crippen LogP) is 4.34. The molecule has 2 rings (SSSR count). The van der Waals surface area contributed by atoms with Crippen LogP contribution in [0.2, 0.25) is 5.02 Å². The summed E-state index contributed by atoms with van der Waals surface area (Å²) in [5.41, 5.74) is 0. The quantitative estimate of drug-likeness (QED) is 0.822. The molecular weight excluding hydrogens is 286 g/mol. The highest BCUT2D eigenvalue weighted by Gasteiger charge is 2.22. The first kappa shape index (κ1) is 16.2. The van der Waals surface area contributed by atoms with Gasteiger partial charge >= 0.3 is 0 Å². The zero-order valence-electron chi connectivity index (χ0n) is 12.6. The van der Waals surface area contributed by atoms with Crippen LogP contribution < -0.4 is 10.1 Å². The van der Waals surface area contributed by atoms with Gasteiger partial charge < -0.3 is 10.1 Å². The minimum Gasteiger partial charge on any atom is -0.481 e. The number of hydrogen-bond acceptors (Lipinski definition) is 2. The van der Waals surface area contributed by atoms with Crippen molar-refractivity contribution in [1.29, 1.82) is 0 Å². The molecule has 0 aliphatic heterocycles. The fourth-order valence-corrected chi connectivity index (χ4v) is 2.92. The Balaban J connectivity index is 1.91. The minimum atomic E-state index is -0.452. The van der Waals surface area contributed by atoms with Gasteiger partial charge in [-0.2, -0.15) is 0 Å². The lowest BCUT2D eigenvalue weighted by molar-refractivity contribution is -0.128. The van der Waals surface area contributed by atoms with Gasteiger partial charge in [0.25, 0.3) is 5.91 Å². The molecule has 1 aliphatic rings. The van der Waals surface area contributed by atoms with Crippen LogP contribution in [0.5, 0.6) is 5.75 Å². The molecule has 1 N–H and O–H groups in total. The zero-order chi connectivity index (χ0) is 15.1. The van der Waals surface area contributed by atoms with Gasteiger partial charge in [0.2, 0.25) is 0 Å². The smallest absolute Gasteiger partial charge is 0.261 e. The molecule has 1 aromatic carbocycles. The molecule has 0 saturated heterocycles. The van der Waals surface area contributed by atoms with Crippen molar-refractivity contribution in [3.8, 4) is 5.75 Å². The summed E-state index contributed by atoms with van der Waals surface area (Å²) in [7, 11) is 0. The van der Waals surface area contributed by atoms with Crippen molar-refractivity contribution in [2.24, 2.45) is 0 Å². The van der Waals surface area contributed by atoms with E-state index in [9.17, 15) is 4.79 Å². The van der Waals surface area contributed by atoms with E-state index in [0.29, 0.717) is 23.2 Å². The molecule has 21 heavy (non-hydrogen) atoms. The van der Waals surface area contributed by atoms with E-state index in [2.05, 4.69) is 5.32 Å². The van der Waals surface area contributed by atoms with E-state index < -0.39 is 6.10 Å². The van der Waals surface area contributed by atoms with Crippen LogP contribution in [0, 0.1) is 0 Å². The van der Waals surface area contributed by atoms with Gasteiger partial charge in [-0.25, -0.2) is 0 Å². The van der Waals surface area contributed by atoms with Gasteiger partial charge in [0.15, 0.2) is 6.10 Å². The van der Waals surface area contributed by atoms with Gasteiger partial charge in [0, 0.05) is 11.1 Å². The fourth-order valence-electron chi connectivity index (χ4n) is 2.74. The van der Waals surface area contributed by atoms with E-state index in [1.54, 1.807) is 12.1 Å². The van der Waals surface area contributed by atoms with Crippen LogP contribution >= 0.6 is 11.6 Å². The predicted molar refractivity (Wildman–Crippen MR) is 85.8 cm³/mol. The number of ether oxygens (including phenoxy) is 1. The van der Waals surface area contributed by atoms with Gasteiger partial charge in [-0.3, -0.25) is 4.79 Å². The molecule has 1 aromatic rings. The number of benzene rings is 1. The van der Waals surface area contributed by atoms with E-state index in [0.717, 1.165) is 12.8 Å². The molecule has 1 fully saturated rings. The Morgan fingerprint density at radius 2 is 2.05 bits per heavy atom. The monoisotopic (exact) mass is 309 g/mol. The summed E-state index contributed by atoms with van der Waals surface area (Å²) in [6, 6.07) is 7.49. The Morgan fingerprint density at radius 1 is 1.33 bits per heavy atom. The molecule has 0 heterocycles. The number of carbonyl (C=O) groups excluding carboxylic acids is 1. The lowest BCUT2D eigenvalue weighted by Crippen LogP contribution is -2.43. The molecule has 116 valence electrons.